The van der Waals surface area contributed by atoms with Crippen molar-refractivity contribution in [3.63, 3.8) is 0 Å². The van der Waals surface area contributed by atoms with Gasteiger partial charge in [0, 0.05) is 24.5 Å². The standard InChI is InChI=1S/C29H27F3N2O4S/c1-2-13-33-39(36,37)25-12-9-20-14-24(15-22(20)16-25)34(18-19-7-10-23(11-8-19)29(30,31)32)28(35)27-17-21-5-3-4-6-26(21)38-27/h3-12,16-17,24,33H,2,13-15,18H2,1H3. The molecule has 4 aromatic rings. The highest BCUT2D eigenvalue weighted by atomic mass is 32.2. The molecule has 39 heavy (non-hydrogen) atoms. The fraction of sp³-hybridized carbons (Fsp3) is 0.276. The minimum Gasteiger partial charge on any atom is -0.451 e. The summed E-state index contributed by atoms with van der Waals surface area (Å²) >= 11 is 0. The normalized spacial score (nSPS) is 15.4. The van der Waals surface area contributed by atoms with Crippen molar-refractivity contribution in [3.8, 4) is 0 Å². The lowest BCUT2D eigenvalue weighted by atomic mass is 10.1. The van der Waals surface area contributed by atoms with E-state index in [9.17, 15) is 26.4 Å². The molecule has 1 unspecified atom stereocenters. The Morgan fingerprint density at radius 1 is 1.00 bits per heavy atom. The second-order valence-corrected chi connectivity index (χ2v) is 11.4. The number of halogens is 3. The first-order valence-electron chi connectivity index (χ1n) is 12.6. The van der Waals surface area contributed by atoms with Crippen molar-refractivity contribution in [2.45, 2.75) is 49.8 Å². The number of nitrogens with one attached hydrogen (secondary N) is 1. The Hall–Kier alpha value is -3.63. The van der Waals surface area contributed by atoms with Gasteiger partial charge in [-0.1, -0.05) is 43.3 Å². The molecule has 1 amide bonds. The summed E-state index contributed by atoms with van der Waals surface area (Å²) in [6.07, 6.45) is -2.92. The summed E-state index contributed by atoms with van der Waals surface area (Å²) in [6, 6.07) is 18.2. The van der Waals surface area contributed by atoms with Crippen LogP contribution in [0.15, 0.2) is 82.1 Å². The van der Waals surface area contributed by atoms with Crippen LogP contribution < -0.4 is 4.72 Å². The number of para-hydroxylation sites is 1. The molecule has 0 radical (unpaired) electrons. The van der Waals surface area contributed by atoms with Crippen molar-refractivity contribution in [2.24, 2.45) is 0 Å². The first-order chi connectivity index (χ1) is 18.5. The maximum Gasteiger partial charge on any atom is 0.416 e. The van der Waals surface area contributed by atoms with Gasteiger partial charge in [0.15, 0.2) is 5.76 Å². The van der Waals surface area contributed by atoms with E-state index in [1.807, 2.05) is 19.1 Å². The van der Waals surface area contributed by atoms with Gasteiger partial charge >= 0.3 is 6.18 Å². The third kappa shape index (κ3) is 5.72. The Morgan fingerprint density at radius 3 is 2.41 bits per heavy atom. The largest absolute Gasteiger partial charge is 0.451 e. The van der Waals surface area contributed by atoms with E-state index in [4.69, 9.17) is 4.42 Å². The van der Waals surface area contributed by atoms with Gasteiger partial charge in [-0.15, -0.1) is 0 Å². The van der Waals surface area contributed by atoms with E-state index in [0.29, 0.717) is 37.0 Å². The zero-order chi connectivity index (χ0) is 27.8. The second kappa shape index (κ2) is 10.5. The maximum absolute atomic E-state index is 13.8. The Morgan fingerprint density at radius 2 is 1.72 bits per heavy atom. The first-order valence-corrected chi connectivity index (χ1v) is 14.1. The van der Waals surface area contributed by atoms with E-state index < -0.39 is 21.8 Å². The van der Waals surface area contributed by atoms with Gasteiger partial charge in [0.25, 0.3) is 5.91 Å². The molecule has 1 aliphatic rings. The molecule has 5 rings (SSSR count). The highest BCUT2D eigenvalue weighted by Gasteiger charge is 2.34. The van der Waals surface area contributed by atoms with Crippen LogP contribution in [0.25, 0.3) is 11.0 Å². The van der Waals surface area contributed by atoms with Crippen molar-refractivity contribution in [1.29, 1.82) is 0 Å². The van der Waals surface area contributed by atoms with Crippen molar-refractivity contribution < 1.29 is 30.8 Å². The number of benzene rings is 3. The second-order valence-electron chi connectivity index (χ2n) is 9.67. The van der Waals surface area contributed by atoms with Gasteiger partial charge in [-0.05, 0) is 72.4 Å². The van der Waals surface area contributed by atoms with Crippen LogP contribution in [0.1, 0.15) is 46.2 Å². The highest BCUT2D eigenvalue weighted by molar-refractivity contribution is 7.89. The number of sulfonamides is 1. The Balaban J connectivity index is 1.45. The molecule has 204 valence electrons. The molecule has 1 heterocycles. The van der Waals surface area contributed by atoms with Crippen LogP contribution >= 0.6 is 0 Å². The molecule has 0 saturated heterocycles. The fourth-order valence-electron chi connectivity index (χ4n) is 4.87. The molecule has 0 spiro atoms. The van der Waals surface area contributed by atoms with E-state index in [-0.39, 0.29) is 29.1 Å². The van der Waals surface area contributed by atoms with Gasteiger partial charge in [-0.25, -0.2) is 13.1 Å². The zero-order valence-corrected chi connectivity index (χ0v) is 22.0. The zero-order valence-electron chi connectivity index (χ0n) is 21.2. The monoisotopic (exact) mass is 556 g/mol. The quantitative estimate of drug-likeness (QED) is 0.291. The van der Waals surface area contributed by atoms with E-state index in [1.54, 1.807) is 41.3 Å². The summed E-state index contributed by atoms with van der Waals surface area (Å²) in [6.45, 7) is 2.27. The summed E-state index contributed by atoms with van der Waals surface area (Å²) in [5.74, 6) is -0.257. The molecule has 1 atom stereocenters. The lowest BCUT2D eigenvalue weighted by molar-refractivity contribution is -0.137. The molecule has 1 aliphatic carbocycles. The number of rotatable bonds is 8. The predicted molar refractivity (Wildman–Crippen MR) is 141 cm³/mol. The number of hydrogen-bond donors (Lipinski definition) is 1. The summed E-state index contributed by atoms with van der Waals surface area (Å²) in [7, 11) is -3.66. The maximum atomic E-state index is 13.8. The van der Waals surface area contributed by atoms with Gasteiger partial charge in [-0.3, -0.25) is 4.79 Å². The highest BCUT2D eigenvalue weighted by Crippen LogP contribution is 2.32. The smallest absolute Gasteiger partial charge is 0.416 e. The number of carbonyl (C=O) groups is 1. The van der Waals surface area contributed by atoms with E-state index >= 15 is 0 Å². The van der Waals surface area contributed by atoms with Crippen LogP contribution in [0, 0.1) is 0 Å². The van der Waals surface area contributed by atoms with Gasteiger partial charge in [-0.2, -0.15) is 13.2 Å². The van der Waals surface area contributed by atoms with Crippen LogP contribution in [0.2, 0.25) is 0 Å². The van der Waals surface area contributed by atoms with Crippen LogP contribution in [0.4, 0.5) is 13.2 Å². The molecule has 10 heteroatoms. The lowest BCUT2D eigenvalue weighted by Gasteiger charge is -2.28. The van der Waals surface area contributed by atoms with Crippen molar-refractivity contribution in [2.75, 3.05) is 6.54 Å². The Labute approximate surface area is 224 Å². The number of fused-ring (bicyclic) bond motifs is 2. The van der Waals surface area contributed by atoms with E-state index in [1.165, 1.54) is 12.1 Å². The molecule has 1 aromatic heterocycles. The lowest BCUT2D eigenvalue weighted by Crippen LogP contribution is -2.40. The molecular weight excluding hydrogens is 529 g/mol. The molecule has 1 N–H and O–H groups in total. The molecular formula is C29H27F3N2O4S. The molecule has 0 aliphatic heterocycles. The molecule has 6 nitrogen and oxygen atoms in total. The van der Waals surface area contributed by atoms with E-state index in [2.05, 4.69) is 4.72 Å². The van der Waals surface area contributed by atoms with E-state index in [0.717, 1.165) is 28.6 Å². The molecule has 0 bridgehead atoms. The third-order valence-electron chi connectivity index (χ3n) is 6.91. The van der Waals surface area contributed by atoms with Gasteiger partial charge in [0.05, 0.1) is 10.5 Å². The number of nitrogens with zero attached hydrogens (tertiary/aromatic N) is 1. The van der Waals surface area contributed by atoms with Crippen molar-refractivity contribution in [3.05, 3.63) is 101 Å². The topological polar surface area (TPSA) is 79.6 Å². The number of hydrogen-bond acceptors (Lipinski definition) is 4. The Kier molecular flexibility index (Phi) is 7.26. The van der Waals surface area contributed by atoms with Crippen LogP contribution in [0.3, 0.4) is 0 Å². The predicted octanol–water partition coefficient (Wildman–Crippen LogP) is 5.95. The summed E-state index contributed by atoms with van der Waals surface area (Å²) < 4.78 is 73.0. The minimum atomic E-state index is -4.46. The van der Waals surface area contributed by atoms with Crippen molar-refractivity contribution >= 4 is 26.9 Å². The molecule has 3 aromatic carbocycles. The van der Waals surface area contributed by atoms with Gasteiger partial charge in [0.2, 0.25) is 10.0 Å². The minimum absolute atomic E-state index is 0.0654. The van der Waals surface area contributed by atoms with Crippen LogP contribution in [0.5, 0.6) is 0 Å². The number of alkyl halides is 3. The summed E-state index contributed by atoms with van der Waals surface area (Å²) in [5.41, 5.74) is 2.06. The SMILES string of the molecule is CCCNS(=O)(=O)c1ccc2c(c1)CC(N(Cc1ccc(C(F)(F)F)cc1)C(=O)c1cc3ccccc3o1)C2. The third-order valence-corrected chi connectivity index (χ3v) is 8.37. The summed E-state index contributed by atoms with van der Waals surface area (Å²) in [5, 5.41) is 0.763. The summed E-state index contributed by atoms with van der Waals surface area (Å²) in [4.78, 5) is 15.5. The molecule has 0 saturated carbocycles. The van der Waals surface area contributed by atoms with Crippen LogP contribution in [-0.4, -0.2) is 31.8 Å². The first kappa shape index (κ1) is 27.0. The van der Waals surface area contributed by atoms with Gasteiger partial charge < -0.3 is 9.32 Å². The number of furan rings is 1. The molecule has 0 fully saturated rings. The Bertz CT molecular complexity index is 1580. The average Bonchev–Trinajstić information content (AvgIpc) is 3.54. The fourth-order valence-corrected chi connectivity index (χ4v) is 6.05. The average molecular weight is 557 g/mol. The number of carbonyl (C=O) groups excluding carboxylic acids is 1. The van der Waals surface area contributed by atoms with Crippen molar-refractivity contribution in [1.82, 2.24) is 9.62 Å². The van der Waals surface area contributed by atoms with Crippen LogP contribution in [-0.2, 0) is 35.6 Å². The number of amides is 1. The van der Waals surface area contributed by atoms with Gasteiger partial charge in [0.1, 0.15) is 5.58 Å².